The summed E-state index contributed by atoms with van der Waals surface area (Å²) in [7, 11) is 0. The molecule has 0 amide bonds. The molecule has 68 valence electrons. The molecule has 13 heavy (non-hydrogen) atoms. The Morgan fingerprint density at radius 2 is 2.38 bits per heavy atom. The number of halogens is 1. The predicted molar refractivity (Wildman–Crippen MR) is 58.1 cm³/mol. The van der Waals surface area contributed by atoms with E-state index < -0.39 is 0 Å². The fourth-order valence-electron chi connectivity index (χ4n) is 1.16. The zero-order chi connectivity index (χ0) is 9.26. The zero-order valence-electron chi connectivity index (χ0n) is 7.20. The van der Waals surface area contributed by atoms with Crippen molar-refractivity contribution in [1.29, 1.82) is 0 Å². The molecule has 0 aliphatic carbocycles. The zero-order valence-corrected chi connectivity index (χ0v) is 9.60. The molecule has 0 radical (unpaired) electrons. The van der Waals surface area contributed by atoms with E-state index in [1.54, 1.807) is 11.3 Å². The molecule has 2 heterocycles. The first-order chi connectivity index (χ1) is 6.25. The highest BCUT2D eigenvalue weighted by Crippen LogP contribution is 2.23. The van der Waals surface area contributed by atoms with Crippen LogP contribution in [-0.2, 0) is 6.54 Å². The molecule has 0 aliphatic rings. The number of hydrogen-bond acceptors (Lipinski definition) is 2. The maximum atomic E-state index is 4.33. The van der Waals surface area contributed by atoms with E-state index >= 15 is 0 Å². The molecule has 0 aromatic carbocycles. The number of aryl methyl sites for hydroxylation is 1. The van der Waals surface area contributed by atoms with E-state index in [0.29, 0.717) is 0 Å². The van der Waals surface area contributed by atoms with Crippen LogP contribution in [0, 0.1) is 6.92 Å². The van der Waals surface area contributed by atoms with Gasteiger partial charge in [-0.3, -0.25) is 4.68 Å². The molecule has 0 unspecified atom stereocenters. The Morgan fingerprint density at radius 1 is 1.54 bits per heavy atom. The summed E-state index contributed by atoms with van der Waals surface area (Å²) in [5.41, 5.74) is 2.35. The molecule has 0 bridgehead atoms. The van der Waals surface area contributed by atoms with E-state index in [-0.39, 0.29) is 0 Å². The standard InChI is InChI=1S/C9H9BrN2S/c1-7-2-4-12(11-7)6-8-3-5-13-9(8)10/h2-5H,6H2,1H3. The Balaban J connectivity index is 2.19. The van der Waals surface area contributed by atoms with E-state index in [2.05, 4.69) is 32.5 Å². The van der Waals surface area contributed by atoms with Gasteiger partial charge in [0.1, 0.15) is 0 Å². The number of thiophene rings is 1. The Labute approximate surface area is 89.3 Å². The minimum absolute atomic E-state index is 0.845. The third-order valence-electron chi connectivity index (χ3n) is 1.80. The van der Waals surface area contributed by atoms with Crippen molar-refractivity contribution in [3.63, 3.8) is 0 Å². The summed E-state index contributed by atoms with van der Waals surface area (Å²) >= 11 is 5.21. The van der Waals surface area contributed by atoms with Crippen LogP contribution in [-0.4, -0.2) is 9.78 Å². The minimum Gasteiger partial charge on any atom is -0.268 e. The van der Waals surface area contributed by atoms with Gasteiger partial charge in [0.15, 0.2) is 0 Å². The second kappa shape index (κ2) is 3.64. The van der Waals surface area contributed by atoms with Gasteiger partial charge >= 0.3 is 0 Å². The maximum Gasteiger partial charge on any atom is 0.0749 e. The molecule has 2 rings (SSSR count). The van der Waals surface area contributed by atoms with Gasteiger partial charge in [0.05, 0.1) is 16.0 Å². The smallest absolute Gasteiger partial charge is 0.0749 e. The first kappa shape index (κ1) is 8.97. The van der Waals surface area contributed by atoms with Gasteiger partial charge in [-0.15, -0.1) is 11.3 Å². The molecule has 0 atom stereocenters. The Morgan fingerprint density at radius 3 is 2.92 bits per heavy atom. The van der Waals surface area contributed by atoms with E-state index in [1.165, 1.54) is 9.35 Å². The van der Waals surface area contributed by atoms with Crippen LogP contribution in [0.3, 0.4) is 0 Å². The van der Waals surface area contributed by atoms with E-state index in [0.717, 1.165) is 12.2 Å². The van der Waals surface area contributed by atoms with Gasteiger partial charge in [-0.05, 0) is 45.9 Å². The molecule has 0 aliphatic heterocycles. The average molecular weight is 257 g/mol. The van der Waals surface area contributed by atoms with Crippen LogP contribution in [0.25, 0.3) is 0 Å². The lowest BCUT2D eigenvalue weighted by Crippen LogP contribution is -1.99. The molecular formula is C9H9BrN2S. The topological polar surface area (TPSA) is 17.8 Å². The SMILES string of the molecule is Cc1ccn(Cc2ccsc2Br)n1. The Hall–Kier alpha value is -0.610. The first-order valence-electron chi connectivity index (χ1n) is 3.97. The molecule has 2 nitrogen and oxygen atoms in total. The number of rotatable bonds is 2. The highest BCUT2D eigenvalue weighted by atomic mass is 79.9. The molecule has 4 heteroatoms. The molecular weight excluding hydrogens is 248 g/mol. The minimum atomic E-state index is 0.845. The van der Waals surface area contributed by atoms with Gasteiger partial charge in [0.2, 0.25) is 0 Å². The summed E-state index contributed by atoms with van der Waals surface area (Å²) in [6.45, 7) is 2.84. The predicted octanol–water partition coefficient (Wildman–Crippen LogP) is 3.06. The van der Waals surface area contributed by atoms with Gasteiger partial charge in [0.25, 0.3) is 0 Å². The van der Waals surface area contributed by atoms with Crippen LogP contribution in [0.2, 0.25) is 0 Å². The van der Waals surface area contributed by atoms with Crippen LogP contribution in [0.15, 0.2) is 27.5 Å². The first-order valence-corrected chi connectivity index (χ1v) is 5.65. The Bertz CT molecular complexity index is 405. The molecule has 2 aromatic heterocycles. The molecule has 2 aromatic rings. The lowest BCUT2D eigenvalue weighted by Gasteiger charge is -1.98. The summed E-state index contributed by atoms with van der Waals surface area (Å²) < 4.78 is 3.14. The molecule has 0 saturated heterocycles. The fraction of sp³-hybridized carbons (Fsp3) is 0.222. The van der Waals surface area contributed by atoms with Gasteiger partial charge in [-0.25, -0.2) is 0 Å². The summed E-state index contributed by atoms with van der Waals surface area (Å²) in [6.07, 6.45) is 2.00. The van der Waals surface area contributed by atoms with Crippen molar-refractivity contribution >= 4 is 27.3 Å². The summed E-state index contributed by atoms with van der Waals surface area (Å²) in [5.74, 6) is 0. The van der Waals surface area contributed by atoms with Crippen LogP contribution in [0.1, 0.15) is 11.3 Å². The summed E-state index contributed by atoms with van der Waals surface area (Å²) in [5, 5.41) is 6.41. The Kier molecular flexibility index (Phi) is 2.51. The number of nitrogens with zero attached hydrogens (tertiary/aromatic N) is 2. The van der Waals surface area contributed by atoms with Crippen molar-refractivity contribution in [3.05, 3.63) is 38.8 Å². The van der Waals surface area contributed by atoms with Crippen LogP contribution in [0.4, 0.5) is 0 Å². The number of aromatic nitrogens is 2. The number of hydrogen-bond donors (Lipinski definition) is 0. The highest BCUT2D eigenvalue weighted by Gasteiger charge is 2.02. The second-order valence-corrected chi connectivity index (χ2v) is 5.11. The average Bonchev–Trinajstić information content (AvgIpc) is 2.64. The third kappa shape index (κ3) is 2.00. The van der Waals surface area contributed by atoms with Crippen molar-refractivity contribution in [1.82, 2.24) is 9.78 Å². The van der Waals surface area contributed by atoms with Crippen LogP contribution in [0.5, 0.6) is 0 Å². The van der Waals surface area contributed by atoms with E-state index in [1.807, 2.05) is 23.9 Å². The largest absolute Gasteiger partial charge is 0.268 e. The van der Waals surface area contributed by atoms with Crippen molar-refractivity contribution in [2.75, 3.05) is 0 Å². The summed E-state index contributed by atoms with van der Waals surface area (Å²) in [6, 6.07) is 4.13. The fourth-order valence-corrected chi connectivity index (χ4v) is 2.37. The van der Waals surface area contributed by atoms with Crippen molar-refractivity contribution in [2.24, 2.45) is 0 Å². The monoisotopic (exact) mass is 256 g/mol. The van der Waals surface area contributed by atoms with Gasteiger partial charge in [-0.2, -0.15) is 5.10 Å². The van der Waals surface area contributed by atoms with Gasteiger partial charge in [0, 0.05) is 6.20 Å². The maximum absolute atomic E-state index is 4.33. The van der Waals surface area contributed by atoms with Gasteiger partial charge < -0.3 is 0 Å². The molecule has 0 N–H and O–H groups in total. The third-order valence-corrected chi connectivity index (χ3v) is 3.61. The molecule has 0 saturated carbocycles. The molecule has 0 spiro atoms. The van der Waals surface area contributed by atoms with Crippen LogP contribution < -0.4 is 0 Å². The summed E-state index contributed by atoms with van der Waals surface area (Å²) in [4.78, 5) is 0. The van der Waals surface area contributed by atoms with Crippen LogP contribution >= 0.6 is 27.3 Å². The van der Waals surface area contributed by atoms with E-state index in [4.69, 9.17) is 0 Å². The highest BCUT2D eigenvalue weighted by molar-refractivity contribution is 9.11. The van der Waals surface area contributed by atoms with Crippen molar-refractivity contribution in [2.45, 2.75) is 13.5 Å². The quantitative estimate of drug-likeness (QED) is 0.808. The van der Waals surface area contributed by atoms with Crippen molar-refractivity contribution < 1.29 is 0 Å². The normalized spacial score (nSPS) is 10.6. The molecule has 0 fully saturated rings. The van der Waals surface area contributed by atoms with E-state index in [9.17, 15) is 0 Å². The lowest BCUT2D eigenvalue weighted by atomic mass is 10.3. The second-order valence-electron chi connectivity index (χ2n) is 2.87. The van der Waals surface area contributed by atoms with Gasteiger partial charge in [-0.1, -0.05) is 0 Å². The van der Waals surface area contributed by atoms with Crippen molar-refractivity contribution in [3.8, 4) is 0 Å². The lowest BCUT2D eigenvalue weighted by molar-refractivity contribution is 0.679.